The molecule has 0 bridgehead atoms. The molecule has 90 valence electrons. The quantitative estimate of drug-likeness (QED) is 0.829. The Morgan fingerprint density at radius 3 is 2.69 bits per heavy atom. The van der Waals surface area contributed by atoms with E-state index in [4.69, 9.17) is 11.6 Å². The zero-order valence-electron chi connectivity index (χ0n) is 9.46. The van der Waals surface area contributed by atoms with E-state index < -0.39 is 9.84 Å². The van der Waals surface area contributed by atoms with Gasteiger partial charge in [0.15, 0.2) is 0 Å². The first-order valence-electron chi connectivity index (χ1n) is 5.07. The number of halogens is 1. The number of benzene rings is 1. The molecule has 0 aliphatic carbocycles. The summed E-state index contributed by atoms with van der Waals surface area (Å²) in [6.45, 7) is 2.56. The van der Waals surface area contributed by atoms with Crippen LogP contribution in [-0.2, 0) is 9.84 Å². The highest BCUT2D eigenvalue weighted by atomic mass is 35.5. The van der Waals surface area contributed by atoms with Crippen LogP contribution in [0.15, 0.2) is 18.2 Å². The molecule has 0 atom stereocenters. The molecule has 1 aromatic rings. The van der Waals surface area contributed by atoms with Crippen LogP contribution >= 0.6 is 11.6 Å². The van der Waals surface area contributed by atoms with Crippen LogP contribution in [-0.4, -0.2) is 27.0 Å². The van der Waals surface area contributed by atoms with E-state index in [1.54, 1.807) is 0 Å². The van der Waals surface area contributed by atoms with Crippen LogP contribution in [0.4, 0.5) is 5.69 Å². The molecule has 0 heterocycles. The number of sulfone groups is 1. The third-order valence-corrected chi connectivity index (χ3v) is 3.71. The molecule has 1 N–H and O–H groups in total. The zero-order chi connectivity index (χ0) is 12.2. The van der Waals surface area contributed by atoms with Crippen molar-refractivity contribution in [2.24, 2.45) is 0 Å². The predicted octanol–water partition coefficient (Wildman–Crippen LogP) is 2.50. The second kappa shape index (κ2) is 5.55. The van der Waals surface area contributed by atoms with Crippen molar-refractivity contribution in [1.29, 1.82) is 0 Å². The summed E-state index contributed by atoms with van der Waals surface area (Å²) in [5, 5.41) is 3.89. The van der Waals surface area contributed by atoms with E-state index in [1.165, 1.54) is 6.26 Å². The number of hydrogen-bond acceptors (Lipinski definition) is 3. The Hall–Kier alpha value is -0.740. The monoisotopic (exact) mass is 261 g/mol. The largest absolute Gasteiger partial charge is 0.385 e. The SMILES string of the molecule is Cc1c(Cl)cccc1NCCCS(C)(=O)=O. The number of rotatable bonds is 5. The minimum atomic E-state index is -2.86. The summed E-state index contributed by atoms with van der Waals surface area (Å²) < 4.78 is 21.8. The molecule has 0 amide bonds. The summed E-state index contributed by atoms with van der Waals surface area (Å²) in [6, 6.07) is 5.63. The standard InChI is InChI=1S/C11H16ClNO2S/c1-9-10(12)5-3-6-11(9)13-7-4-8-16(2,14)15/h3,5-6,13H,4,7-8H2,1-2H3. The van der Waals surface area contributed by atoms with Gasteiger partial charge in [-0.2, -0.15) is 0 Å². The van der Waals surface area contributed by atoms with E-state index in [-0.39, 0.29) is 5.75 Å². The molecule has 0 unspecified atom stereocenters. The van der Waals surface area contributed by atoms with Crippen molar-refractivity contribution in [3.05, 3.63) is 28.8 Å². The summed E-state index contributed by atoms with van der Waals surface area (Å²) in [6.07, 6.45) is 1.85. The average molecular weight is 262 g/mol. The maximum absolute atomic E-state index is 10.9. The number of anilines is 1. The first kappa shape index (κ1) is 13.3. The Morgan fingerprint density at radius 2 is 2.06 bits per heavy atom. The van der Waals surface area contributed by atoms with E-state index in [9.17, 15) is 8.42 Å². The Kier molecular flexibility index (Phi) is 4.62. The van der Waals surface area contributed by atoms with E-state index >= 15 is 0 Å². The Morgan fingerprint density at radius 1 is 1.38 bits per heavy atom. The first-order valence-corrected chi connectivity index (χ1v) is 7.51. The third-order valence-electron chi connectivity index (χ3n) is 2.28. The van der Waals surface area contributed by atoms with E-state index in [2.05, 4.69) is 5.32 Å². The highest BCUT2D eigenvalue weighted by molar-refractivity contribution is 7.90. The van der Waals surface area contributed by atoms with Crippen molar-refractivity contribution >= 4 is 27.1 Å². The third kappa shape index (κ3) is 4.41. The lowest BCUT2D eigenvalue weighted by atomic mass is 10.2. The molecule has 1 rings (SSSR count). The molecule has 0 spiro atoms. The fourth-order valence-corrected chi connectivity index (χ4v) is 2.20. The second-order valence-electron chi connectivity index (χ2n) is 3.82. The van der Waals surface area contributed by atoms with Gasteiger partial charge in [-0.25, -0.2) is 8.42 Å². The van der Waals surface area contributed by atoms with Crippen LogP contribution in [0, 0.1) is 6.92 Å². The molecule has 0 saturated heterocycles. The summed E-state index contributed by atoms with van der Waals surface area (Å²) in [7, 11) is -2.86. The van der Waals surface area contributed by atoms with Crippen molar-refractivity contribution in [2.75, 3.05) is 23.9 Å². The van der Waals surface area contributed by atoms with E-state index in [0.717, 1.165) is 11.3 Å². The molecular weight excluding hydrogens is 246 g/mol. The normalized spacial score (nSPS) is 11.4. The van der Waals surface area contributed by atoms with Gasteiger partial charge >= 0.3 is 0 Å². The fraction of sp³-hybridized carbons (Fsp3) is 0.455. The van der Waals surface area contributed by atoms with Gasteiger partial charge in [0.05, 0.1) is 5.75 Å². The molecule has 16 heavy (non-hydrogen) atoms. The van der Waals surface area contributed by atoms with Gasteiger partial charge in [-0.05, 0) is 31.0 Å². The maximum Gasteiger partial charge on any atom is 0.147 e. The van der Waals surface area contributed by atoms with Gasteiger partial charge < -0.3 is 5.32 Å². The summed E-state index contributed by atoms with van der Waals surface area (Å²) in [5.41, 5.74) is 1.95. The van der Waals surface area contributed by atoms with Crippen molar-refractivity contribution in [2.45, 2.75) is 13.3 Å². The predicted molar refractivity (Wildman–Crippen MR) is 69.0 cm³/mol. The Bertz CT molecular complexity index is 457. The summed E-state index contributed by atoms with van der Waals surface area (Å²) >= 11 is 5.96. The minimum absolute atomic E-state index is 0.208. The zero-order valence-corrected chi connectivity index (χ0v) is 11.0. The molecule has 3 nitrogen and oxygen atoms in total. The van der Waals surface area contributed by atoms with Gasteiger partial charge in [0.2, 0.25) is 0 Å². The van der Waals surface area contributed by atoms with E-state index in [1.807, 2.05) is 25.1 Å². The fourth-order valence-electron chi connectivity index (χ4n) is 1.36. The molecule has 0 aromatic heterocycles. The summed E-state index contributed by atoms with van der Waals surface area (Å²) in [4.78, 5) is 0. The van der Waals surface area contributed by atoms with Crippen LogP contribution in [0.1, 0.15) is 12.0 Å². The molecule has 1 aromatic carbocycles. The lowest BCUT2D eigenvalue weighted by molar-refractivity contribution is 0.600. The van der Waals surface area contributed by atoms with Crippen LogP contribution in [0.5, 0.6) is 0 Å². The Balaban J connectivity index is 2.47. The van der Waals surface area contributed by atoms with Crippen molar-refractivity contribution in [3.8, 4) is 0 Å². The number of hydrogen-bond donors (Lipinski definition) is 1. The maximum atomic E-state index is 10.9. The minimum Gasteiger partial charge on any atom is -0.385 e. The smallest absolute Gasteiger partial charge is 0.147 e. The van der Waals surface area contributed by atoms with Crippen molar-refractivity contribution in [3.63, 3.8) is 0 Å². The lowest BCUT2D eigenvalue weighted by Crippen LogP contribution is -2.10. The van der Waals surface area contributed by atoms with Gasteiger partial charge in [-0.3, -0.25) is 0 Å². The molecule has 5 heteroatoms. The molecule has 0 aliphatic rings. The first-order chi connectivity index (χ1) is 7.40. The van der Waals surface area contributed by atoms with Crippen molar-refractivity contribution in [1.82, 2.24) is 0 Å². The molecule has 0 aliphatic heterocycles. The highest BCUT2D eigenvalue weighted by Crippen LogP contribution is 2.22. The molecule has 0 saturated carbocycles. The van der Waals surface area contributed by atoms with Gasteiger partial charge in [-0.15, -0.1) is 0 Å². The van der Waals surface area contributed by atoms with Gasteiger partial charge in [-0.1, -0.05) is 17.7 Å². The van der Waals surface area contributed by atoms with Crippen LogP contribution in [0.2, 0.25) is 5.02 Å². The van der Waals surface area contributed by atoms with Crippen LogP contribution in [0.3, 0.4) is 0 Å². The summed E-state index contributed by atoms with van der Waals surface area (Å²) in [5.74, 6) is 0.208. The van der Waals surface area contributed by atoms with Crippen LogP contribution in [0.25, 0.3) is 0 Å². The Labute approximate surface area is 102 Å². The molecule has 0 fully saturated rings. The lowest BCUT2D eigenvalue weighted by Gasteiger charge is -2.09. The molecular formula is C11H16ClNO2S. The van der Waals surface area contributed by atoms with Crippen LogP contribution < -0.4 is 5.32 Å². The number of nitrogens with one attached hydrogen (secondary N) is 1. The second-order valence-corrected chi connectivity index (χ2v) is 6.49. The van der Waals surface area contributed by atoms with Gasteiger partial charge in [0.1, 0.15) is 9.84 Å². The van der Waals surface area contributed by atoms with Crippen molar-refractivity contribution < 1.29 is 8.42 Å². The van der Waals surface area contributed by atoms with E-state index in [0.29, 0.717) is 18.0 Å². The van der Waals surface area contributed by atoms with Gasteiger partial charge in [0, 0.05) is 23.5 Å². The topological polar surface area (TPSA) is 46.2 Å². The highest BCUT2D eigenvalue weighted by Gasteiger charge is 2.03. The average Bonchev–Trinajstić information content (AvgIpc) is 2.17. The molecule has 0 radical (unpaired) electrons. The van der Waals surface area contributed by atoms with Gasteiger partial charge in [0.25, 0.3) is 0 Å².